The van der Waals surface area contributed by atoms with Crippen LogP contribution in [0, 0.1) is 5.82 Å². The molecule has 3 nitrogen and oxygen atoms in total. The van der Waals surface area contributed by atoms with Crippen LogP contribution in [0.4, 0.5) is 4.39 Å². The van der Waals surface area contributed by atoms with Gasteiger partial charge in [-0.25, -0.2) is 4.39 Å². The molecule has 0 aromatic heterocycles. The molecule has 1 aromatic carbocycles. The van der Waals surface area contributed by atoms with Crippen molar-refractivity contribution in [1.82, 2.24) is 15.5 Å². The molecule has 0 atom stereocenters. The van der Waals surface area contributed by atoms with E-state index in [9.17, 15) is 4.39 Å². The van der Waals surface area contributed by atoms with Gasteiger partial charge in [0.05, 0.1) is 0 Å². The van der Waals surface area contributed by atoms with Gasteiger partial charge < -0.3 is 10.6 Å². The van der Waals surface area contributed by atoms with Crippen LogP contribution < -0.4 is 10.6 Å². The van der Waals surface area contributed by atoms with Crippen LogP contribution in [0.15, 0.2) is 30.3 Å². The lowest BCUT2D eigenvalue weighted by molar-refractivity contribution is 0.129. The second kappa shape index (κ2) is 6.69. The van der Waals surface area contributed by atoms with Crippen LogP contribution in [0.3, 0.4) is 0 Å². The molecule has 2 fully saturated rings. The van der Waals surface area contributed by atoms with Crippen molar-refractivity contribution in [3.05, 3.63) is 36.1 Å². The third-order valence-corrected chi connectivity index (χ3v) is 3.16. The Morgan fingerprint density at radius 2 is 1.65 bits per heavy atom. The molecule has 94 valence electrons. The molecule has 0 spiro atoms. The van der Waals surface area contributed by atoms with E-state index in [4.69, 9.17) is 0 Å². The Hall–Kier alpha value is -0.970. The minimum absolute atomic E-state index is 0.178. The smallest absolute Gasteiger partial charge is 0.123 e. The minimum Gasteiger partial charge on any atom is -0.314 e. The summed E-state index contributed by atoms with van der Waals surface area (Å²) in [6, 6.07) is 8.79. The predicted molar refractivity (Wildman–Crippen MR) is 67.5 cm³/mol. The summed E-state index contributed by atoms with van der Waals surface area (Å²) in [6.07, 6.45) is 0. The van der Waals surface area contributed by atoms with Gasteiger partial charge in [-0.15, -0.1) is 0 Å². The lowest BCUT2D eigenvalue weighted by Gasteiger charge is -2.40. The number of rotatable bonds is 1. The van der Waals surface area contributed by atoms with E-state index in [1.165, 1.54) is 51.4 Å². The average molecular weight is 237 g/mol. The fraction of sp³-hybridized carbons (Fsp3) is 0.538. The van der Waals surface area contributed by atoms with Crippen LogP contribution in [0.25, 0.3) is 0 Å². The van der Waals surface area contributed by atoms with Gasteiger partial charge in [0.15, 0.2) is 0 Å². The van der Waals surface area contributed by atoms with E-state index in [0.29, 0.717) is 0 Å². The van der Waals surface area contributed by atoms with Gasteiger partial charge in [0, 0.05) is 45.3 Å². The fourth-order valence-electron chi connectivity index (χ4n) is 1.99. The highest BCUT2D eigenvalue weighted by Gasteiger charge is 2.24. The van der Waals surface area contributed by atoms with Crippen molar-refractivity contribution in [3.63, 3.8) is 0 Å². The Labute approximate surface area is 102 Å². The lowest BCUT2D eigenvalue weighted by atomic mass is 10.1. The number of piperazine rings is 1. The molecule has 17 heavy (non-hydrogen) atoms. The number of halogens is 1. The topological polar surface area (TPSA) is 27.3 Å². The molecule has 2 aliphatic heterocycles. The summed E-state index contributed by atoms with van der Waals surface area (Å²) in [5.74, 6) is -0.178. The van der Waals surface area contributed by atoms with E-state index in [1.54, 1.807) is 18.2 Å². The summed E-state index contributed by atoms with van der Waals surface area (Å²) in [7, 11) is 0. The molecule has 0 amide bonds. The molecule has 2 N–H and O–H groups in total. The number of benzene rings is 1. The second-order valence-corrected chi connectivity index (χ2v) is 4.39. The minimum atomic E-state index is -0.178. The zero-order valence-corrected chi connectivity index (χ0v) is 10.0. The van der Waals surface area contributed by atoms with E-state index in [1.807, 2.05) is 0 Å². The van der Waals surface area contributed by atoms with Crippen LogP contribution in [0.1, 0.15) is 0 Å². The maximum Gasteiger partial charge on any atom is 0.123 e. The lowest BCUT2D eigenvalue weighted by Crippen LogP contribution is -2.61. The van der Waals surface area contributed by atoms with Crippen LogP contribution >= 0.6 is 0 Å². The predicted octanol–water partition coefficient (Wildman–Crippen LogP) is 0.689. The van der Waals surface area contributed by atoms with E-state index in [2.05, 4.69) is 15.5 Å². The third kappa shape index (κ3) is 4.07. The van der Waals surface area contributed by atoms with Crippen LogP contribution in [0.5, 0.6) is 0 Å². The molecule has 0 bridgehead atoms. The molecule has 2 heterocycles. The number of hydrogen-bond donors (Lipinski definition) is 2. The molecule has 2 aliphatic rings. The number of nitrogens with one attached hydrogen (secondary N) is 2. The molecule has 3 rings (SSSR count). The summed E-state index contributed by atoms with van der Waals surface area (Å²) in [5.41, 5.74) is 0. The van der Waals surface area contributed by atoms with E-state index >= 15 is 0 Å². The molecule has 0 unspecified atom stereocenters. The Kier molecular flexibility index (Phi) is 4.91. The zero-order chi connectivity index (χ0) is 11.9. The molecule has 2 saturated heterocycles. The van der Waals surface area contributed by atoms with Crippen molar-refractivity contribution in [2.75, 3.05) is 39.3 Å². The van der Waals surface area contributed by atoms with Gasteiger partial charge in [-0.05, 0) is 12.1 Å². The zero-order valence-electron chi connectivity index (χ0n) is 10.0. The normalized spacial score (nSPS) is 21.2. The highest BCUT2D eigenvalue weighted by molar-refractivity contribution is 5.02. The van der Waals surface area contributed by atoms with Gasteiger partial charge in [0.2, 0.25) is 0 Å². The van der Waals surface area contributed by atoms with Crippen molar-refractivity contribution in [2.24, 2.45) is 0 Å². The summed E-state index contributed by atoms with van der Waals surface area (Å²) >= 11 is 0. The Balaban J connectivity index is 0.000000136. The summed E-state index contributed by atoms with van der Waals surface area (Å²) in [4.78, 5) is 2.58. The molecule has 0 aliphatic carbocycles. The van der Waals surface area contributed by atoms with Gasteiger partial charge in [-0.1, -0.05) is 18.2 Å². The molecular weight excluding hydrogens is 217 g/mol. The van der Waals surface area contributed by atoms with Crippen molar-refractivity contribution < 1.29 is 4.39 Å². The van der Waals surface area contributed by atoms with Crippen molar-refractivity contribution in [3.8, 4) is 0 Å². The molecular formula is C13H20FN3. The summed E-state index contributed by atoms with van der Waals surface area (Å²) in [6.45, 7) is 7.26. The van der Waals surface area contributed by atoms with Crippen LogP contribution in [-0.4, -0.2) is 50.2 Å². The van der Waals surface area contributed by atoms with Crippen molar-refractivity contribution >= 4 is 0 Å². The highest BCUT2D eigenvalue weighted by Crippen LogP contribution is 2.04. The molecule has 0 radical (unpaired) electrons. The van der Waals surface area contributed by atoms with E-state index in [0.717, 1.165) is 6.04 Å². The van der Waals surface area contributed by atoms with E-state index < -0.39 is 0 Å². The molecule has 1 aromatic rings. The first kappa shape index (κ1) is 12.5. The monoisotopic (exact) mass is 237 g/mol. The first-order valence-electron chi connectivity index (χ1n) is 6.22. The number of nitrogens with zero attached hydrogens (tertiary/aromatic N) is 1. The maximum atomic E-state index is 11.9. The van der Waals surface area contributed by atoms with Gasteiger partial charge in [0.25, 0.3) is 0 Å². The number of hydrogen-bond acceptors (Lipinski definition) is 3. The summed E-state index contributed by atoms with van der Waals surface area (Å²) in [5, 5.41) is 6.65. The highest BCUT2D eigenvalue weighted by atomic mass is 19.1. The quantitative estimate of drug-likeness (QED) is 0.752. The third-order valence-electron chi connectivity index (χ3n) is 3.16. The standard InChI is InChI=1S/C7H15N3.C6H5F/c1-3-10(4-2-8-1)7-5-9-6-7;7-6-4-2-1-3-5-6/h7-9H,1-6H2;1-5H. The van der Waals surface area contributed by atoms with E-state index in [-0.39, 0.29) is 5.82 Å². The van der Waals surface area contributed by atoms with Crippen molar-refractivity contribution in [2.45, 2.75) is 6.04 Å². The first-order valence-corrected chi connectivity index (χ1v) is 6.22. The SMILES string of the molecule is C1CN(C2CNC2)CCN1.Fc1ccccc1. The van der Waals surface area contributed by atoms with Gasteiger partial charge in [-0.3, -0.25) is 4.90 Å². The fourth-order valence-corrected chi connectivity index (χ4v) is 1.99. The van der Waals surface area contributed by atoms with Crippen molar-refractivity contribution in [1.29, 1.82) is 0 Å². The first-order chi connectivity index (χ1) is 8.36. The van der Waals surface area contributed by atoms with Crippen LogP contribution in [-0.2, 0) is 0 Å². The largest absolute Gasteiger partial charge is 0.314 e. The Morgan fingerprint density at radius 1 is 1.00 bits per heavy atom. The average Bonchev–Trinajstić information content (AvgIpc) is 2.30. The summed E-state index contributed by atoms with van der Waals surface area (Å²) < 4.78 is 11.9. The van der Waals surface area contributed by atoms with Gasteiger partial charge in [-0.2, -0.15) is 0 Å². The Bertz CT molecular complexity index is 308. The maximum absolute atomic E-state index is 11.9. The molecule has 4 heteroatoms. The Morgan fingerprint density at radius 3 is 2.06 bits per heavy atom. The van der Waals surface area contributed by atoms with Crippen LogP contribution in [0.2, 0.25) is 0 Å². The van der Waals surface area contributed by atoms with Gasteiger partial charge in [0.1, 0.15) is 5.82 Å². The second-order valence-electron chi connectivity index (χ2n) is 4.39. The van der Waals surface area contributed by atoms with Gasteiger partial charge >= 0.3 is 0 Å². The molecule has 0 saturated carbocycles.